The highest BCUT2D eigenvalue weighted by atomic mass is 79.9. The number of hydrogen-bond donors (Lipinski definition) is 0. The van der Waals surface area contributed by atoms with Crippen LogP contribution in [0.15, 0.2) is 12.2 Å². The van der Waals surface area contributed by atoms with Crippen LogP contribution in [0.1, 0.15) is 0 Å². The molecule has 0 N–H and O–H groups in total. The second-order valence-electron chi connectivity index (χ2n) is 2.17. The van der Waals surface area contributed by atoms with Crippen molar-refractivity contribution in [3.63, 3.8) is 0 Å². The minimum Gasteiger partial charge on any atom is -0.327 e. The molecule has 0 aromatic heterocycles. The predicted molar refractivity (Wildman–Crippen MR) is 46.2 cm³/mol. The van der Waals surface area contributed by atoms with E-state index in [2.05, 4.69) is 15.9 Å². The van der Waals surface area contributed by atoms with Gasteiger partial charge in [0.05, 0.1) is 6.61 Å². The van der Waals surface area contributed by atoms with Crippen LogP contribution in [0, 0.1) is 0 Å². The van der Waals surface area contributed by atoms with Crippen LogP contribution in [0.3, 0.4) is 0 Å². The molecule has 0 unspecified atom stereocenters. The molecule has 0 saturated carbocycles. The van der Waals surface area contributed by atoms with Crippen LogP contribution in [0.5, 0.6) is 0 Å². The lowest BCUT2D eigenvalue weighted by Crippen LogP contribution is -1.95. The SMILES string of the molecule is O=P1(OCCBr)CC=CC1. The van der Waals surface area contributed by atoms with Crippen molar-refractivity contribution in [1.29, 1.82) is 0 Å². The van der Waals surface area contributed by atoms with Gasteiger partial charge in [-0.15, -0.1) is 0 Å². The Balaban J connectivity index is 2.32. The zero-order valence-electron chi connectivity index (χ0n) is 5.62. The van der Waals surface area contributed by atoms with Gasteiger partial charge < -0.3 is 4.52 Å². The first-order valence-electron chi connectivity index (χ1n) is 3.20. The topological polar surface area (TPSA) is 26.3 Å². The van der Waals surface area contributed by atoms with Crippen LogP contribution in [0.25, 0.3) is 0 Å². The summed E-state index contributed by atoms with van der Waals surface area (Å²) in [6.07, 6.45) is 5.10. The van der Waals surface area contributed by atoms with E-state index in [9.17, 15) is 4.57 Å². The summed E-state index contributed by atoms with van der Waals surface area (Å²) in [5, 5.41) is 0.761. The van der Waals surface area contributed by atoms with Gasteiger partial charge in [-0.2, -0.15) is 0 Å². The fourth-order valence-corrected chi connectivity index (χ4v) is 2.99. The van der Waals surface area contributed by atoms with E-state index in [0.29, 0.717) is 18.9 Å². The molecular weight excluding hydrogens is 215 g/mol. The van der Waals surface area contributed by atoms with Gasteiger partial charge in [-0.1, -0.05) is 28.1 Å². The second kappa shape index (κ2) is 3.70. The highest BCUT2D eigenvalue weighted by Gasteiger charge is 2.23. The molecule has 0 fully saturated rings. The smallest absolute Gasteiger partial charge is 0.210 e. The van der Waals surface area contributed by atoms with E-state index in [4.69, 9.17) is 4.52 Å². The summed E-state index contributed by atoms with van der Waals surface area (Å²) in [7, 11) is -2.23. The van der Waals surface area contributed by atoms with E-state index in [1.54, 1.807) is 0 Å². The third-order valence-electron chi connectivity index (χ3n) is 1.34. The van der Waals surface area contributed by atoms with Crippen molar-refractivity contribution in [2.24, 2.45) is 0 Å². The molecule has 0 bridgehead atoms. The van der Waals surface area contributed by atoms with Crippen molar-refractivity contribution in [1.82, 2.24) is 0 Å². The molecule has 4 heteroatoms. The molecule has 58 valence electrons. The standard InChI is InChI=1S/C6H10BrO2P/c7-3-4-9-10(8)5-1-2-6-10/h1-2H,3-6H2. The summed E-state index contributed by atoms with van der Waals surface area (Å²) >= 11 is 3.21. The van der Waals surface area contributed by atoms with Gasteiger partial charge in [-0.3, -0.25) is 4.57 Å². The Morgan fingerprint density at radius 1 is 1.50 bits per heavy atom. The van der Waals surface area contributed by atoms with E-state index in [0.717, 1.165) is 5.33 Å². The summed E-state index contributed by atoms with van der Waals surface area (Å²) in [6, 6.07) is 0. The van der Waals surface area contributed by atoms with Crippen LogP contribution < -0.4 is 0 Å². The highest BCUT2D eigenvalue weighted by Crippen LogP contribution is 2.49. The van der Waals surface area contributed by atoms with Gasteiger partial charge in [0.15, 0.2) is 0 Å². The molecule has 0 aliphatic carbocycles. The lowest BCUT2D eigenvalue weighted by molar-refractivity contribution is 0.342. The van der Waals surface area contributed by atoms with Crippen molar-refractivity contribution in [3.05, 3.63) is 12.2 Å². The van der Waals surface area contributed by atoms with Crippen LogP contribution in [0.2, 0.25) is 0 Å². The lowest BCUT2D eigenvalue weighted by Gasteiger charge is -2.09. The summed E-state index contributed by atoms with van der Waals surface area (Å²) in [5.74, 6) is 0. The Morgan fingerprint density at radius 2 is 2.10 bits per heavy atom. The molecule has 10 heavy (non-hydrogen) atoms. The summed E-state index contributed by atoms with van der Waals surface area (Å²) in [6.45, 7) is 0.555. The average molecular weight is 225 g/mol. The van der Waals surface area contributed by atoms with Gasteiger partial charge >= 0.3 is 0 Å². The predicted octanol–water partition coefficient (Wildman–Crippen LogP) is 2.25. The molecule has 0 aromatic rings. The van der Waals surface area contributed by atoms with Gasteiger partial charge in [0.25, 0.3) is 0 Å². The number of halogens is 1. The molecule has 0 atom stereocenters. The normalized spacial score (nSPS) is 21.7. The minimum atomic E-state index is -2.23. The minimum absolute atomic E-state index is 0.555. The molecule has 1 rings (SSSR count). The Hall–Kier alpha value is 0.410. The first-order chi connectivity index (χ1) is 4.77. The molecule has 0 radical (unpaired) electrons. The van der Waals surface area contributed by atoms with Crippen molar-refractivity contribution in [2.75, 3.05) is 24.3 Å². The average Bonchev–Trinajstić information content (AvgIpc) is 2.33. The third kappa shape index (κ3) is 2.22. The number of allylic oxidation sites excluding steroid dienone is 2. The molecule has 0 aromatic carbocycles. The molecule has 2 nitrogen and oxygen atoms in total. The van der Waals surface area contributed by atoms with E-state index in [1.807, 2.05) is 12.2 Å². The fourth-order valence-electron chi connectivity index (χ4n) is 0.851. The highest BCUT2D eigenvalue weighted by molar-refractivity contribution is 9.09. The van der Waals surface area contributed by atoms with Crippen LogP contribution >= 0.6 is 23.3 Å². The van der Waals surface area contributed by atoms with Gasteiger partial charge in [0.2, 0.25) is 7.37 Å². The first-order valence-corrected chi connectivity index (χ1v) is 6.32. The van der Waals surface area contributed by atoms with Gasteiger partial charge in [0, 0.05) is 17.7 Å². The Morgan fingerprint density at radius 3 is 2.60 bits per heavy atom. The molecular formula is C6H10BrO2P. The first kappa shape index (κ1) is 8.51. The molecule has 0 spiro atoms. The van der Waals surface area contributed by atoms with Crippen molar-refractivity contribution >= 4 is 23.3 Å². The molecule has 1 aliphatic heterocycles. The van der Waals surface area contributed by atoms with Crippen molar-refractivity contribution in [2.45, 2.75) is 0 Å². The Bertz CT molecular complexity index is 167. The number of alkyl halides is 1. The largest absolute Gasteiger partial charge is 0.327 e. The molecule has 0 saturated heterocycles. The van der Waals surface area contributed by atoms with Crippen molar-refractivity contribution < 1.29 is 9.09 Å². The van der Waals surface area contributed by atoms with E-state index in [-0.39, 0.29) is 0 Å². The lowest BCUT2D eigenvalue weighted by atomic mass is 10.6. The second-order valence-corrected chi connectivity index (χ2v) is 5.58. The summed E-state index contributed by atoms with van der Waals surface area (Å²) in [4.78, 5) is 0. The third-order valence-corrected chi connectivity index (χ3v) is 3.85. The Kier molecular flexibility index (Phi) is 3.15. The van der Waals surface area contributed by atoms with Crippen LogP contribution in [-0.4, -0.2) is 24.3 Å². The van der Waals surface area contributed by atoms with Crippen molar-refractivity contribution in [3.8, 4) is 0 Å². The number of rotatable bonds is 3. The number of hydrogen-bond acceptors (Lipinski definition) is 2. The van der Waals surface area contributed by atoms with Gasteiger partial charge in [0.1, 0.15) is 0 Å². The monoisotopic (exact) mass is 224 g/mol. The van der Waals surface area contributed by atoms with Crippen LogP contribution in [0.4, 0.5) is 0 Å². The molecule has 0 amide bonds. The van der Waals surface area contributed by atoms with E-state index in [1.165, 1.54) is 0 Å². The zero-order chi connectivity index (χ0) is 7.45. The maximum absolute atomic E-state index is 11.5. The van der Waals surface area contributed by atoms with Gasteiger partial charge in [-0.25, -0.2) is 0 Å². The molecule has 1 aliphatic rings. The maximum Gasteiger partial charge on any atom is 0.210 e. The maximum atomic E-state index is 11.5. The quantitative estimate of drug-likeness (QED) is 0.418. The van der Waals surface area contributed by atoms with Crippen LogP contribution in [-0.2, 0) is 9.09 Å². The summed E-state index contributed by atoms with van der Waals surface area (Å²) < 4.78 is 16.7. The molecule has 1 heterocycles. The van der Waals surface area contributed by atoms with E-state index >= 15 is 0 Å². The zero-order valence-corrected chi connectivity index (χ0v) is 8.11. The fraction of sp³-hybridized carbons (Fsp3) is 0.667. The van der Waals surface area contributed by atoms with E-state index < -0.39 is 7.37 Å². The summed E-state index contributed by atoms with van der Waals surface area (Å²) in [5.41, 5.74) is 0. The van der Waals surface area contributed by atoms with Gasteiger partial charge in [-0.05, 0) is 0 Å². The Labute approximate surface area is 69.2 Å².